The second-order valence-electron chi connectivity index (χ2n) is 3.68. The van der Waals surface area contributed by atoms with Gasteiger partial charge in [-0.25, -0.2) is 4.39 Å². The van der Waals surface area contributed by atoms with Crippen LogP contribution in [-0.2, 0) is 9.47 Å². The van der Waals surface area contributed by atoms with Crippen LogP contribution in [-0.4, -0.2) is 25.7 Å². The maximum atomic E-state index is 12.9. The normalized spacial score (nSPS) is 19.5. The zero-order valence-electron chi connectivity index (χ0n) is 8.71. The van der Waals surface area contributed by atoms with Crippen molar-refractivity contribution in [2.45, 2.75) is 18.4 Å². The standard InChI is InChI=1S/C11H10F4O2/c12-8-3-1-7(2-4-8)9(11(13,14)15)10-16-5-6-17-10/h1-4,9-10H,5-6H2/t9-/m1/s1. The lowest BCUT2D eigenvalue weighted by Crippen LogP contribution is -2.32. The molecule has 0 amide bonds. The molecule has 1 aromatic rings. The maximum Gasteiger partial charge on any atom is 0.400 e. The lowest BCUT2D eigenvalue weighted by Gasteiger charge is -2.24. The summed E-state index contributed by atoms with van der Waals surface area (Å²) in [6, 6.07) is 4.17. The van der Waals surface area contributed by atoms with Gasteiger partial charge >= 0.3 is 6.18 Å². The van der Waals surface area contributed by atoms with E-state index in [9.17, 15) is 17.6 Å². The molecule has 1 aliphatic rings. The Hall–Kier alpha value is -1.14. The van der Waals surface area contributed by atoms with Gasteiger partial charge < -0.3 is 9.47 Å². The minimum Gasteiger partial charge on any atom is -0.349 e. The van der Waals surface area contributed by atoms with E-state index in [0.717, 1.165) is 24.3 Å². The summed E-state index contributed by atoms with van der Waals surface area (Å²) in [6.45, 7) is 0.275. The van der Waals surface area contributed by atoms with E-state index < -0.39 is 24.2 Å². The molecule has 2 nitrogen and oxygen atoms in total. The number of alkyl halides is 3. The van der Waals surface area contributed by atoms with Gasteiger partial charge in [-0.05, 0) is 17.7 Å². The van der Waals surface area contributed by atoms with Crippen molar-refractivity contribution in [3.8, 4) is 0 Å². The first-order valence-corrected chi connectivity index (χ1v) is 5.04. The average Bonchev–Trinajstić information content (AvgIpc) is 2.72. The molecule has 1 atom stereocenters. The minimum atomic E-state index is -4.49. The zero-order valence-corrected chi connectivity index (χ0v) is 8.71. The Bertz CT molecular complexity index is 368. The second kappa shape index (κ2) is 4.62. The first-order valence-electron chi connectivity index (χ1n) is 5.04. The number of ether oxygens (including phenoxy) is 2. The van der Waals surface area contributed by atoms with E-state index in [-0.39, 0.29) is 18.8 Å². The molecule has 0 unspecified atom stereocenters. The summed E-state index contributed by atoms with van der Waals surface area (Å²) in [5.41, 5.74) is -0.0641. The third-order valence-electron chi connectivity index (χ3n) is 2.50. The summed E-state index contributed by atoms with van der Waals surface area (Å²) in [4.78, 5) is 0. The van der Waals surface area contributed by atoms with Crippen LogP contribution in [0.25, 0.3) is 0 Å². The van der Waals surface area contributed by atoms with Crippen LogP contribution in [0.15, 0.2) is 24.3 Å². The van der Waals surface area contributed by atoms with Gasteiger partial charge in [-0.3, -0.25) is 0 Å². The van der Waals surface area contributed by atoms with Crippen molar-refractivity contribution in [2.75, 3.05) is 13.2 Å². The Morgan fingerprint density at radius 2 is 1.59 bits per heavy atom. The highest BCUT2D eigenvalue weighted by Gasteiger charge is 2.48. The molecule has 0 aliphatic carbocycles. The summed E-state index contributed by atoms with van der Waals surface area (Å²) >= 11 is 0. The molecule has 0 radical (unpaired) electrons. The fourth-order valence-electron chi connectivity index (χ4n) is 1.74. The van der Waals surface area contributed by atoms with E-state index in [1.54, 1.807) is 0 Å². The summed E-state index contributed by atoms with van der Waals surface area (Å²) in [6.07, 6.45) is -5.84. The van der Waals surface area contributed by atoms with Gasteiger partial charge in [0.25, 0.3) is 0 Å². The number of hydrogen-bond acceptors (Lipinski definition) is 2. The Kier molecular flexibility index (Phi) is 3.35. The van der Waals surface area contributed by atoms with E-state index in [1.807, 2.05) is 0 Å². The average molecular weight is 250 g/mol. The van der Waals surface area contributed by atoms with E-state index in [0.29, 0.717) is 0 Å². The molecule has 0 spiro atoms. The first kappa shape index (κ1) is 12.3. The molecular formula is C11H10F4O2. The molecule has 0 aromatic heterocycles. The van der Waals surface area contributed by atoms with Crippen LogP contribution in [0.5, 0.6) is 0 Å². The van der Waals surface area contributed by atoms with Crippen molar-refractivity contribution in [2.24, 2.45) is 0 Å². The Balaban J connectivity index is 2.29. The molecule has 0 bridgehead atoms. The van der Waals surface area contributed by atoms with Crippen LogP contribution in [0, 0.1) is 5.82 Å². The van der Waals surface area contributed by atoms with Gasteiger partial charge in [0.05, 0.1) is 13.2 Å². The van der Waals surface area contributed by atoms with Crippen LogP contribution < -0.4 is 0 Å². The van der Waals surface area contributed by atoms with E-state index in [1.165, 1.54) is 0 Å². The number of benzene rings is 1. The van der Waals surface area contributed by atoms with Crippen LogP contribution >= 0.6 is 0 Å². The smallest absolute Gasteiger partial charge is 0.349 e. The zero-order chi connectivity index (χ0) is 12.5. The number of halogens is 4. The first-order chi connectivity index (χ1) is 7.98. The quantitative estimate of drug-likeness (QED) is 0.751. The van der Waals surface area contributed by atoms with Gasteiger partial charge in [0, 0.05) is 0 Å². The molecule has 1 aliphatic heterocycles. The van der Waals surface area contributed by atoms with Crippen LogP contribution in [0.1, 0.15) is 11.5 Å². The Morgan fingerprint density at radius 3 is 2.06 bits per heavy atom. The van der Waals surface area contributed by atoms with E-state index in [2.05, 4.69) is 0 Å². The molecule has 2 rings (SSSR count). The largest absolute Gasteiger partial charge is 0.400 e. The Labute approximate surface area is 95.1 Å². The van der Waals surface area contributed by atoms with Gasteiger partial charge in [0.15, 0.2) is 6.29 Å². The molecule has 1 heterocycles. The van der Waals surface area contributed by atoms with Crippen LogP contribution in [0.2, 0.25) is 0 Å². The highest BCUT2D eigenvalue weighted by molar-refractivity contribution is 5.22. The van der Waals surface area contributed by atoms with Crippen molar-refractivity contribution < 1.29 is 27.0 Å². The van der Waals surface area contributed by atoms with Gasteiger partial charge in [-0.2, -0.15) is 13.2 Å². The topological polar surface area (TPSA) is 18.5 Å². The maximum absolute atomic E-state index is 12.9. The fraction of sp³-hybridized carbons (Fsp3) is 0.455. The molecule has 1 aromatic carbocycles. The molecule has 0 saturated carbocycles. The molecule has 0 N–H and O–H groups in total. The lowest BCUT2D eigenvalue weighted by molar-refractivity contribution is -0.207. The van der Waals surface area contributed by atoms with Gasteiger partial charge in [-0.1, -0.05) is 12.1 Å². The van der Waals surface area contributed by atoms with Crippen molar-refractivity contribution in [1.29, 1.82) is 0 Å². The summed E-state index contributed by atoms with van der Waals surface area (Å²) in [5, 5.41) is 0. The minimum absolute atomic E-state index is 0.0641. The van der Waals surface area contributed by atoms with Crippen LogP contribution in [0.4, 0.5) is 17.6 Å². The predicted octanol–water partition coefficient (Wildman–Crippen LogP) is 2.84. The van der Waals surface area contributed by atoms with E-state index in [4.69, 9.17) is 9.47 Å². The van der Waals surface area contributed by atoms with Gasteiger partial charge in [0.1, 0.15) is 11.7 Å². The third-order valence-corrected chi connectivity index (χ3v) is 2.50. The molecule has 1 saturated heterocycles. The summed E-state index contributed by atoms with van der Waals surface area (Å²) < 4.78 is 61.2. The SMILES string of the molecule is Fc1ccc([C@H](C2OCCO2)C(F)(F)F)cc1. The second-order valence-corrected chi connectivity index (χ2v) is 3.68. The lowest BCUT2D eigenvalue weighted by atomic mass is 9.98. The van der Waals surface area contributed by atoms with Crippen LogP contribution in [0.3, 0.4) is 0 Å². The van der Waals surface area contributed by atoms with Gasteiger partial charge in [-0.15, -0.1) is 0 Å². The van der Waals surface area contributed by atoms with Crippen molar-refractivity contribution in [1.82, 2.24) is 0 Å². The highest BCUT2D eigenvalue weighted by atomic mass is 19.4. The Morgan fingerprint density at radius 1 is 1.06 bits per heavy atom. The summed E-state index contributed by atoms with van der Waals surface area (Å²) in [7, 11) is 0. The number of hydrogen-bond donors (Lipinski definition) is 0. The monoisotopic (exact) mass is 250 g/mol. The molecule has 6 heteroatoms. The summed E-state index contributed by atoms with van der Waals surface area (Å²) in [5.74, 6) is -2.46. The third kappa shape index (κ3) is 2.76. The van der Waals surface area contributed by atoms with E-state index >= 15 is 0 Å². The predicted molar refractivity (Wildman–Crippen MR) is 50.9 cm³/mol. The number of rotatable bonds is 2. The molecule has 1 fully saturated rings. The molecular weight excluding hydrogens is 240 g/mol. The molecule has 17 heavy (non-hydrogen) atoms. The van der Waals surface area contributed by atoms with Crippen molar-refractivity contribution in [3.63, 3.8) is 0 Å². The highest BCUT2D eigenvalue weighted by Crippen LogP contribution is 2.40. The fourth-order valence-corrected chi connectivity index (χ4v) is 1.74. The van der Waals surface area contributed by atoms with Crippen molar-refractivity contribution >= 4 is 0 Å². The molecule has 94 valence electrons. The van der Waals surface area contributed by atoms with Crippen molar-refractivity contribution in [3.05, 3.63) is 35.6 Å². The van der Waals surface area contributed by atoms with Gasteiger partial charge in [0.2, 0.25) is 0 Å².